The lowest BCUT2D eigenvalue weighted by Crippen LogP contribution is -2.28. The van der Waals surface area contributed by atoms with Crippen LogP contribution in [-0.2, 0) is 11.2 Å². The molecular weight excluding hydrogens is 230 g/mol. The van der Waals surface area contributed by atoms with Gasteiger partial charge in [-0.15, -0.1) is 0 Å². The molecule has 0 saturated heterocycles. The summed E-state index contributed by atoms with van der Waals surface area (Å²) in [6.07, 6.45) is 2.48. The molecule has 1 unspecified atom stereocenters. The first-order chi connectivity index (χ1) is 8.22. The van der Waals surface area contributed by atoms with Crippen molar-refractivity contribution in [3.05, 3.63) is 22.4 Å². The highest BCUT2D eigenvalue weighted by Crippen LogP contribution is 2.18. The predicted molar refractivity (Wildman–Crippen MR) is 75.7 cm³/mol. The SMILES string of the molecule is COCCNCC(Cc1ccsc1)CC(C)C. The van der Waals surface area contributed by atoms with E-state index >= 15 is 0 Å². The molecule has 17 heavy (non-hydrogen) atoms. The molecular formula is C14H25NOS. The monoisotopic (exact) mass is 255 g/mol. The lowest BCUT2D eigenvalue weighted by atomic mass is 9.92. The molecule has 0 bridgehead atoms. The van der Waals surface area contributed by atoms with Crippen LogP contribution < -0.4 is 5.32 Å². The maximum Gasteiger partial charge on any atom is 0.0587 e. The van der Waals surface area contributed by atoms with Crippen molar-refractivity contribution in [3.8, 4) is 0 Å². The summed E-state index contributed by atoms with van der Waals surface area (Å²) in [7, 11) is 1.75. The van der Waals surface area contributed by atoms with Crippen LogP contribution in [0.3, 0.4) is 0 Å². The van der Waals surface area contributed by atoms with Crippen molar-refractivity contribution in [2.75, 3.05) is 26.8 Å². The van der Waals surface area contributed by atoms with Gasteiger partial charge in [-0.1, -0.05) is 13.8 Å². The van der Waals surface area contributed by atoms with E-state index in [1.165, 1.54) is 18.4 Å². The number of hydrogen-bond acceptors (Lipinski definition) is 3. The molecule has 0 aliphatic carbocycles. The Hall–Kier alpha value is -0.380. The second-order valence-corrected chi connectivity index (χ2v) is 5.81. The van der Waals surface area contributed by atoms with Crippen LogP contribution in [0.5, 0.6) is 0 Å². The number of ether oxygens (including phenoxy) is 1. The van der Waals surface area contributed by atoms with Gasteiger partial charge in [-0.3, -0.25) is 0 Å². The van der Waals surface area contributed by atoms with E-state index in [4.69, 9.17) is 4.74 Å². The Labute approximate surface area is 109 Å². The maximum absolute atomic E-state index is 5.05. The fourth-order valence-corrected chi connectivity index (χ4v) is 2.81. The van der Waals surface area contributed by atoms with Gasteiger partial charge in [0.25, 0.3) is 0 Å². The third-order valence-electron chi connectivity index (χ3n) is 2.83. The molecule has 1 aromatic heterocycles. The third-order valence-corrected chi connectivity index (χ3v) is 3.56. The maximum atomic E-state index is 5.05. The largest absolute Gasteiger partial charge is 0.383 e. The van der Waals surface area contributed by atoms with Crippen molar-refractivity contribution in [2.45, 2.75) is 26.7 Å². The first-order valence-corrected chi connectivity index (χ1v) is 7.37. The molecule has 98 valence electrons. The highest BCUT2D eigenvalue weighted by Gasteiger charge is 2.11. The highest BCUT2D eigenvalue weighted by molar-refractivity contribution is 7.07. The average molecular weight is 255 g/mol. The van der Waals surface area contributed by atoms with Crippen LogP contribution >= 0.6 is 11.3 Å². The smallest absolute Gasteiger partial charge is 0.0587 e. The normalized spacial score (nSPS) is 13.2. The van der Waals surface area contributed by atoms with E-state index in [9.17, 15) is 0 Å². The van der Waals surface area contributed by atoms with Gasteiger partial charge in [0.05, 0.1) is 6.61 Å². The molecule has 0 aliphatic heterocycles. The van der Waals surface area contributed by atoms with E-state index in [-0.39, 0.29) is 0 Å². The summed E-state index contributed by atoms with van der Waals surface area (Å²) >= 11 is 1.79. The Bertz CT molecular complexity index is 272. The van der Waals surface area contributed by atoms with E-state index in [0.717, 1.165) is 31.5 Å². The first kappa shape index (κ1) is 14.7. The summed E-state index contributed by atoms with van der Waals surface area (Å²) in [5.41, 5.74) is 1.48. The molecule has 0 aliphatic rings. The highest BCUT2D eigenvalue weighted by atomic mass is 32.1. The van der Waals surface area contributed by atoms with Gasteiger partial charge < -0.3 is 10.1 Å². The van der Waals surface area contributed by atoms with Crippen LogP contribution in [0.4, 0.5) is 0 Å². The van der Waals surface area contributed by atoms with Crippen molar-refractivity contribution in [1.82, 2.24) is 5.32 Å². The molecule has 0 fully saturated rings. The van der Waals surface area contributed by atoms with Crippen molar-refractivity contribution in [1.29, 1.82) is 0 Å². The van der Waals surface area contributed by atoms with Crippen molar-refractivity contribution >= 4 is 11.3 Å². The minimum Gasteiger partial charge on any atom is -0.383 e. The number of nitrogens with one attached hydrogen (secondary N) is 1. The summed E-state index contributed by atoms with van der Waals surface area (Å²) in [6.45, 7) is 7.45. The van der Waals surface area contributed by atoms with Crippen LogP contribution in [0.25, 0.3) is 0 Å². The van der Waals surface area contributed by atoms with Gasteiger partial charge in [0.15, 0.2) is 0 Å². The second kappa shape index (κ2) is 8.67. The van der Waals surface area contributed by atoms with E-state index in [0.29, 0.717) is 0 Å². The lowest BCUT2D eigenvalue weighted by molar-refractivity contribution is 0.197. The zero-order chi connectivity index (χ0) is 12.5. The molecule has 2 nitrogen and oxygen atoms in total. The van der Waals surface area contributed by atoms with Crippen LogP contribution in [0, 0.1) is 11.8 Å². The van der Waals surface area contributed by atoms with Gasteiger partial charge in [-0.2, -0.15) is 11.3 Å². The predicted octanol–water partition coefficient (Wildman–Crippen LogP) is 3.19. The Kier molecular flexibility index (Phi) is 7.49. The number of thiophene rings is 1. The summed E-state index contributed by atoms with van der Waals surface area (Å²) in [5.74, 6) is 1.50. The van der Waals surface area contributed by atoms with Crippen molar-refractivity contribution in [3.63, 3.8) is 0 Å². The molecule has 1 aromatic rings. The quantitative estimate of drug-likeness (QED) is 0.684. The molecule has 0 spiro atoms. The van der Waals surface area contributed by atoms with Gasteiger partial charge in [-0.25, -0.2) is 0 Å². The van der Waals surface area contributed by atoms with Gasteiger partial charge in [0, 0.05) is 13.7 Å². The van der Waals surface area contributed by atoms with E-state index in [1.54, 1.807) is 18.4 Å². The Morgan fingerprint density at radius 3 is 2.82 bits per heavy atom. The number of methoxy groups -OCH3 is 1. The lowest BCUT2D eigenvalue weighted by Gasteiger charge is -2.19. The van der Waals surface area contributed by atoms with Gasteiger partial charge >= 0.3 is 0 Å². The minimum atomic E-state index is 0.737. The molecule has 0 radical (unpaired) electrons. The first-order valence-electron chi connectivity index (χ1n) is 6.43. The topological polar surface area (TPSA) is 21.3 Å². The second-order valence-electron chi connectivity index (χ2n) is 5.03. The van der Waals surface area contributed by atoms with Crippen LogP contribution in [-0.4, -0.2) is 26.8 Å². The molecule has 1 heterocycles. The van der Waals surface area contributed by atoms with E-state index < -0.39 is 0 Å². The Balaban J connectivity index is 2.32. The van der Waals surface area contributed by atoms with Crippen LogP contribution in [0.15, 0.2) is 16.8 Å². The molecule has 1 N–H and O–H groups in total. The van der Waals surface area contributed by atoms with Crippen LogP contribution in [0.2, 0.25) is 0 Å². The van der Waals surface area contributed by atoms with Crippen molar-refractivity contribution < 1.29 is 4.74 Å². The Morgan fingerprint density at radius 2 is 2.24 bits per heavy atom. The molecule has 0 aromatic carbocycles. The molecule has 0 saturated carbocycles. The van der Waals surface area contributed by atoms with Gasteiger partial charge in [0.1, 0.15) is 0 Å². The Morgan fingerprint density at radius 1 is 1.41 bits per heavy atom. The van der Waals surface area contributed by atoms with Crippen LogP contribution in [0.1, 0.15) is 25.8 Å². The fraction of sp³-hybridized carbons (Fsp3) is 0.714. The standard InChI is InChI=1S/C14H25NOS/c1-12(2)8-14(10-15-5-6-16-3)9-13-4-7-17-11-13/h4,7,11-12,14-15H,5-6,8-10H2,1-3H3. The zero-order valence-corrected chi connectivity index (χ0v) is 12.1. The third kappa shape index (κ3) is 6.81. The molecule has 1 rings (SSSR count). The zero-order valence-electron chi connectivity index (χ0n) is 11.2. The molecule has 0 amide bonds. The molecule has 1 atom stereocenters. The van der Waals surface area contributed by atoms with Crippen molar-refractivity contribution in [2.24, 2.45) is 11.8 Å². The molecule has 3 heteroatoms. The number of rotatable bonds is 9. The summed E-state index contributed by atoms with van der Waals surface area (Å²) in [4.78, 5) is 0. The minimum absolute atomic E-state index is 0.737. The van der Waals surface area contributed by atoms with E-state index in [2.05, 4.69) is 36.0 Å². The van der Waals surface area contributed by atoms with Gasteiger partial charge in [0.2, 0.25) is 0 Å². The van der Waals surface area contributed by atoms with Gasteiger partial charge in [-0.05, 0) is 53.6 Å². The fourth-order valence-electron chi connectivity index (χ4n) is 2.13. The summed E-state index contributed by atoms with van der Waals surface area (Å²) in [5, 5.41) is 7.92. The average Bonchev–Trinajstić information content (AvgIpc) is 2.76. The summed E-state index contributed by atoms with van der Waals surface area (Å²) in [6, 6.07) is 2.24. The number of hydrogen-bond donors (Lipinski definition) is 1. The van der Waals surface area contributed by atoms with E-state index in [1.807, 2.05) is 0 Å². The summed E-state index contributed by atoms with van der Waals surface area (Å²) < 4.78 is 5.05.